The van der Waals surface area contributed by atoms with Crippen molar-refractivity contribution in [2.75, 3.05) is 27.2 Å². The normalized spacial score (nSPS) is 11.5. The molecule has 1 rings (SSSR count). The highest BCUT2D eigenvalue weighted by Gasteiger charge is 2.17. The molecule has 0 fully saturated rings. The van der Waals surface area contributed by atoms with Crippen molar-refractivity contribution in [1.82, 2.24) is 10.2 Å². The maximum absolute atomic E-state index is 11.9. The first-order valence-corrected chi connectivity index (χ1v) is 9.13. The number of benzene rings is 1. The van der Waals surface area contributed by atoms with Crippen LogP contribution in [-0.4, -0.2) is 55.2 Å². The van der Waals surface area contributed by atoms with Crippen LogP contribution in [0, 0.1) is 0 Å². The number of halogens is 1. The van der Waals surface area contributed by atoms with Gasteiger partial charge in [-0.15, -0.1) is 11.8 Å². The van der Waals surface area contributed by atoms with E-state index in [2.05, 4.69) is 21.2 Å². The summed E-state index contributed by atoms with van der Waals surface area (Å²) in [6.45, 7) is 1.24. The molecule has 2 amide bonds. The molecule has 0 aliphatic rings. The maximum atomic E-state index is 11.9. The molecular formula is C16H21BrN2O4S. The highest BCUT2D eigenvalue weighted by molar-refractivity contribution is 9.10. The standard InChI is InChI=1S/C16H21BrN2O4S/c1-11(24-10-12-4-6-13(17)7-5-12)16(22)23-9-14(20)18-8-15(21)19(2)3/h4-7,11H,8-10H2,1-3H3,(H,18,20)/t11-/m1/s1. The number of carbonyl (C=O) groups excluding carboxylic acids is 3. The van der Waals surface area contributed by atoms with Crippen LogP contribution in [0.4, 0.5) is 0 Å². The summed E-state index contributed by atoms with van der Waals surface area (Å²) in [6, 6.07) is 7.84. The number of nitrogens with zero attached hydrogens (tertiary/aromatic N) is 1. The van der Waals surface area contributed by atoms with Crippen LogP contribution in [0.2, 0.25) is 0 Å². The van der Waals surface area contributed by atoms with Crippen molar-refractivity contribution in [1.29, 1.82) is 0 Å². The first kappa shape index (κ1) is 20.5. The number of likely N-dealkylation sites (N-methyl/N-ethyl adjacent to an activating group) is 1. The van der Waals surface area contributed by atoms with Crippen LogP contribution in [-0.2, 0) is 24.9 Å². The Morgan fingerprint density at radius 3 is 2.46 bits per heavy atom. The van der Waals surface area contributed by atoms with Gasteiger partial charge in [-0.3, -0.25) is 14.4 Å². The summed E-state index contributed by atoms with van der Waals surface area (Å²) in [7, 11) is 3.19. The molecule has 0 bridgehead atoms. The molecule has 24 heavy (non-hydrogen) atoms. The van der Waals surface area contributed by atoms with E-state index in [4.69, 9.17) is 4.74 Å². The third kappa shape index (κ3) is 7.83. The molecule has 6 nitrogen and oxygen atoms in total. The molecule has 1 atom stereocenters. The van der Waals surface area contributed by atoms with Gasteiger partial charge < -0.3 is 15.0 Å². The average Bonchev–Trinajstić information content (AvgIpc) is 2.56. The Bertz CT molecular complexity index is 578. The Morgan fingerprint density at radius 2 is 1.88 bits per heavy atom. The molecule has 0 saturated heterocycles. The molecule has 1 aromatic carbocycles. The van der Waals surface area contributed by atoms with Crippen molar-refractivity contribution in [3.63, 3.8) is 0 Å². The third-order valence-corrected chi connectivity index (χ3v) is 4.75. The summed E-state index contributed by atoms with van der Waals surface area (Å²) in [5, 5.41) is 2.02. The van der Waals surface area contributed by atoms with Crippen LogP contribution in [0.1, 0.15) is 12.5 Å². The number of hydrogen-bond donors (Lipinski definition) is 1. The lowest BCUT2D eigenvalue weighted by atomic mass is 10.2. The van der Waals surface area contributed by atoms with Crippen molar-refractivity contribution in [2.45, 2.75) is 17.9 Å². The molecular weight excluding hydrogens is 396 g/mol. The monoisotopic (exact) mass is 416 g/mol. The van der Waals surface area contributed by atoms with E-state index in [-0.39, 0.29) is 24.3 Å². The maximum Gasteiger partial charge on any atom is 0.319 e. The molecule has 0 aliphatic heterocycles. The number of nitrogens with one attached hydrogen (secondary N) is 1. The van der Waals surface area contributed by atoms with Crippen molar-refractivity contribution in [2.24, 2.45) is 0 Å². The van der Waals surface area contributed by atoms with Gasteiger partial charge in [-0.25, -0.2) is 0 Å². The van der Waals surface area contributed by atoms with E-state index in [1.54, 1.807) is 21.0 Å². The molecule has 0 aliphatic carbocycles. The van der Waals surface area contributed by atoms with Gasteiger partial charge in [0.15, 0.2) is 6.61 Å². The van der Waals surface area contributed by atoms with Crippen LogP contribution in [0.15, 0.2) is 28.7 Å². The Balaban J connectivity index is 2.27. The second kappa shape index (κ2) is 10.4. The van der Waals surface area contributed by atoms with Gasteiger partial charge >= 0.3 is 5.97 Å². The number of carbonyl (C=O) groups is 3. The lowest BCUT2D eigenvalue weighted by Gasteiger charge is -2.13. The molecule has 0 spiro atoms. The molecule has 0 unspecified atom stereocenters. The minimum atomic E-state index is -0.497. The molecule has 0 heterocycles. The Kier molecular flexibility index (Phi) is 8.84. The van der Waals surface area contributed by atoms with Crippen molar-refractivity contribution in [3.05, 3.63) is 34.3 Å². The number of thioether (sulfide) groups is 1. The van der Waals surface area contributed by atoms with Crippen LogP contribution >= 0.6 is 27.7 Å². The smallest absolute Gasteiger partial charge is 0.319 e. The van der Waals surface area contributed by atoms with E-state index in [1.165, 1.54) is 16.7 Å². The molecule has 0 radical (unpaired) electrons. The Hall–Kier alpha value is -1.54. The van der Waals surface area contributed by atoms with Crippen molar-refractivity contribution >= 4 is 45.5 Å². The van der Waals surface area contributed by atoms with Gasteiger partial charge in [0.05, 0.1) is 11.8 Å². The quantitative estimate of drug-likeness (QED) is 0.654. The minimum Gasteiger partial charge on any atom is -0.455 e. The third-order valence-electron chi connectivity index (χ3n) is 3.03. The summed E-state index contributed by atoms with van der Waals surface area (Å²) in [4.78, 5) is 36.1. The SMILES string of the molecule is C[C@@H](SCc1ccc(Br)cc1)C(=O)OCC(=O)NCC(=O)N(C)C. The number of hydrogen-bond acceptors (Lipinski definition) is 5. The van der Waals surface area contributed by atoms with Gasteiger partial charge in [-0.2, -0.15) is 0 Å². The second-order valence-electron chi connectivity index (χ2n) is 5.25. The van der Waals surface area contributed by atoms with Gasteiger partial charge in [0.1, 0.15) is 0 Å². The summed E-state index contributed by atoms with van der Waals surface area (Å²) < 4.78 is 5.96. The number of rotatable bonds is 8. The van der Waals surface area contributed by atoms with Crippen LogP contribution < -0.4 is 5.32 Å². The summed E-state index contributed by atoms with van der Waals surface area (Å²) in [5.41, 5.74) is 1.10. The highest BCUT2D eigenvalue weighted by atomic mass is 79.9. The van der Waals surface area contributed by atoms with E-state index in [0.717, 1.165) is 10.0 Å². The van der Waals surface area contributed by atoms with E-state index in [9.17, 15) is 14.4 Å². The van der Waals surface area contributed by atoms with E-state index < -0.39 is 11.9 Å². The molecule has 0 aromatic heterocycles. The molecule has 8 heteroatoms. The van der Waals surface area contributed by atoms with Crippen LogP contribution in [0.25, 0.3) is 0 Å². The predicted octanol–water partition coefficient (Wildman–Crippen LogP) is 1.82. The molecule has 0 saturated carbocycles. The summed E-state index contributed by atoms with van der Waals surface area (Å²) in [6.07, 6.45) is 0. The first-order valence-electron chi connectivity index (χ1n) is 7.29. The highest BCUT2D eigenvalue weighted by Crippen LogP contribution is 2.20. The Morgan fingerprint density at radius 1 is 1.25 bits per heavy atom. The Labute approximate surface area is 154 Å². The fourth-order valence-electron chi connectivity index (χ4n) is 1.51. The zero-order chi connectivity index (χ0) is 18.1. The summed E-state index contributed by atoms with van der Waals surface area (Å²) >= 11 is 4.80. The van der Waals surface area contributed by atoms with Gasteiger partial charge in [-0.05, 0) is 24.6 Å². The predicted molar refractivity (Wildman–Crippen MR) is 97.6 cm³/mol. The topological polar surface area (TPSA) is 75.7 Å². The molecule has 132 valence electrons. The van der Waals surface area contributed by atoms with Crippen LogP contribution in [0.3, 0.4) is 0 Å². The van der Waals surface area contributed by atoms with Gasteiger partial charge in [0.25, 0.3) is 5.91 Å². The van der Waals surface area contributed by atoms with Gasteiger partial charge in [0, 0.05) is 24.3 Å². The number of ether oxygens (including phenoxy) is 1. The zero-order valence-electron chi connectivity index (χ0n) is 13.9. The largest absolute Gasteiger partial charge is 0.455 e. The lowest BCUT2D eigenvalue weighted by molar-refractivity contribution is -0.147. The fourth-order valence-corrected chi connectivity index (χ4v) is 2.61. The average molecular weight is 417 g/mol. The lowest BCUT2D eigenvalue weighted by Crippen LogP contribution is -2.38. The van der Waals surface area contributed by atoms with Crippen molar-refractivity contribution < 1.29 is 19.1 Å². The zero-order valence-corrected chi connectivity index (χ0v) is 16.3. The van der Waals surface area contributed by atoms with Gasteiger partial charge in [0.2, 0.25) is 5.91 Å². The van der Waals surface area contributed by atoms with E-state index >= 15 is 0 Å². The summed E-state index contributed by atoms with van der Waals surface area (Å²) in [5.74, 6) is -0.504. The second-order valence-corrected chi connectivity index (χ2v) is 7.50. The van der Waals surface area contributed by atoms with Crippen molar-refractivity contribution in [3.8, 4) is 0 Å². The van der Waals surface area contributed by atoms with E-state index in [0.29, 0.717) is 5.75 Å². The minimum absolute atomic E-state index is 0.114. The first-order chi connectivity index (χ1) is 11.3. The molecule has 1 N–H and O–H groups in total. The molecule has 1 aromatic rings. The fraction of sp³-hybridized carbons (Fsp3) is 0.438. The van der Waals surface area contributed by atoms with Gasteiger partial charge in [-0.1, -0.05) is 28.1 Å². The number of esters is 1. The van der Waals surface area contributed by atoms with Crippen LogP contribution in [0.5, 0.6) is 0 Å². The van der Waals surface area contributed by atoms with E-state index in [1.807, 2.05) is 24.3 Å². The number of amides is 2.